The molecule has 0 bridgehead atoms. The molecule has 7 heteroatoms. The Morgan fingerprint density at radius 1 is 1.07 bits per heavy atom. The predicted octanol–water partition coefficient (Wildman–Crippen LogP) is 1.43. The molecule has 2 fully saturated rings. The van der Waals surface area contributed by atoms with Crippen LogP contribution in [-0.2, 0) is 16.1 Å². The van der Waals surface area contributed by atoms with E-state index >= 15 is 0 Å². The van der Waals surface area contributed by atoms with Crippen LogP contribution in [0, 0.1) is 5.92 Å². The number of rotatable bonds is 6. The molecule has 0 spiro atoms. The summed E-state index contributed by atoms with van der Waals surface area (Å²) in [5.74, 6) is -0.0518. The Kier molecular flexibility index (Phi) is 5.23. The molecule has 1 saturated heterocycles. The van der Waals surface area contributed by atoms with Gasteiger partial charge in [-0.1, -0.05) is 30.3 Å². The highest BCUT2D eigenvalue weighted by atomic mass is 16.2. The molecule has 1 aliphatic heterocycles. The van der Waals surface area contributed by atoms with Crippen molar-refractivity contribution in [1.29, 1.82) is 0 Å². The van der Waals surface area contributed by atoms with Crippen molar-refractivity contribution in [3.63, 3.8) is 0 Å². The van der Waals surface area contributed by atoms with Crippen LogP contribution >= 0.6 is 0 Å². The van der Waals surface area contributed by atoms with Crippen molar-refractivity contribution in [2.45, 2.75) is 38.3 Å². The first-order valence-corrected chi connectivity index (χ1v) is 9.82. The molecule has 1 aromatic carbocycles. The highest BCUT2D eigenvalue weighted by Crippen LogP contribution is 2.31. The normalized spacial score (nSPS) is 19.5. The minimum absolute atomic E-state index is 0.0505. The number of piperidine rings is 1. The van der Waals surface area contributed by atoms with E-state index in [1.54, 1.807) is 6.07 Å². The van der Waals surface area contributed by atoms with Crippen LogP contribution in [0.5, 0.6) is 0 Å². The van der Waals surface area contributed by atoms with E-state index in [1.165, 1.54) is 10.7 Å². The second-order valence-electron chi connectivity index (χ2n) is 7.45. The molecule has 0 unspecified atom stereocenters. The minimum atomic E-state index is -0.197. The molecule has 4 rings (SSSR count). The molecular weight excluding hydrogens is 356 g/mol. The Hall–Kier alpha value is -2.96. The number of likely N-dealkylation sites (tertiary alicyclic amines) is 1. The van der Waals surface area contributed by atoms with Gasteiger partial charge < -0.3 is 10.2 Å². The Morgan fingerprint density at radius 3 is 2.61 bits per heavy atom. The van der Waals surface area contributed by atoms with Gasteiger partial charge in [0.15, 0.2) is 0 Å². The molecule has 1 atom stereocenters. The van der Waals surface area contributed by atoms with Crippen LogP contribution < -0.4 is 10.9 Å². The Labute approximate surface area is 163 Å². The molecule has 2 amide bonds. The molecular formula is C21H24N4O3. The van der Waals surface area contributed by atoms with E-state index in [4.69, 9.17) is 0 Å². The number of nitrogens with one attached hydrogen (secondary N) is 1. The van der Waals surface area contributed by atoms with E-state index < -0.39 is 0 Å². The number of aromatic nitrogens is 2. The van der Waals surface area contributed by atoms with Gasteiger partial charge in [0.25, 0.3) is 5.56 Å². The summed E-state index contributed by atoms with van der Waals surface area (Å²) in [5.41, 5.74) is 1.46. The van der Waals surface area contributed by atoms with Crippen molar-refractivity contribution in [2.24, 2.45) is 5.92 Å². The number of benzene rings is 1. The van der Waals surface area contributed by atoms with E-state index in [-0.39, 0.29) is 23.3 Å². The first-order valence-electron chi connectivity index (χ1n) is 9.82. The second-order valence-corrected chi connectivity index (χ2v) is 7.45. The van der Waals surface area contributed by atoms with Gasteiger partial charge in [0.05, 0.1) is 18.2 Å². The highest BCUT2D eigenvalue weighted by molar-refractivity contribution is 5.84. The molecule has 1 aromatic heterocycles. The Balaban J connectivity index is 1.34. The van der Waals surface area contributed by atoms with Crippen LogP contribution in [0.25, 0.3) is 11.3 Å². The lowest BCUT2D eigenvalue weighted by atomic mass is 9.96. The van der Waals surface area contributed by atoms with E-state index in [0.29, 0.717) is 38.5 Å². The largest absolute Gasteiger partial charge is 0.354 e. The third-order valence-corrected chi connectivity index (χ3v) is 5.36. The molecule has 146 valence electrons. The maximum atomic E-state index is 12.5. The summed E-state index contributed by atoms with van der Waals surface area (Å²) in [7, 11) is 0. The van der Waals surface area contributed by atoms with Crippen molar-refractivity contribution in [1.82, 2.24) is 20.0 Å². The third-order valence-electron chi connectivity index (χ3n) is 5.36. The summed E-state index contributed by atoms with van der Waals surface area (Å²) in [6.45, 7) is 1.15. The number of carbonyl (C=O) groups is 2. The maximum Gasteiger partial charge on any atom is 0.266 e. The van der Waals surface area contributed by atoms with E-state index in [1.807, 2.05) is 35.2 Å². The van der Waals surface area contributed by atoms with Gasteiger partial charge in [-0.25, -0.2) is 4.68 Å². The SMILES string of the molecule is O=C(NCCn1nc(-c2ccccc2)ccc1=O)[C@H]1CCC(=O)N(C2CC2)C1. The van der Waals surface area contributed by atoms with Crippen LogP contribution in [0.15, 0.2) is 47.3 Å². The zero-order valence-electron chi connectivity index (χ0n) is 15.7. The molecule has 2 aliphatic rings. The zero-order valence-corrected chi connectivity index (χ0v) is 15.7. The van der Waals surface area contributed by atoms with Crippen molar-refractivity contribution in [3.05, 3.63) is 52.8 Å². The zero-order chi connectivity index (χ0) is 19.5. The number of hydrogen-bond acceptors (Lipinski definition) is 4. The lowest BCUT2D eigenvalue weighted by Gasteiger charge is -2.32. The molecule has 2 heterocycles. The van der Waals surface area contributed by atoms with Gasteiger partial charge in [-0.2, -0.15) is 5.10 Å². The van der Waals surface area contributed by atoms with Gasteiger partial charge in [-0.05, 0) is 25.3 Å². The number of amides is 2. The quantitative estimate of drug-likeness (QED) is 0.822. The van der Waals surface area contributed by atoms with Gasteiger partial charge in [0.2, 0.25) is 11.8 Å². The molecule has 1 N–H and O–H groups in total. The van der Waals surface area contributed by atoms with Gasteiger partial charge in [-0.15, -0.1) is 0 Å². The molecule has 2 aromatic rings. The van der Waals surface area contributed by atoms with Crippen LogP contribution in [0.3, 0.4) is 0 Å². The average Bonchev–Trinajstić information content (AvgIpc) is 3.55. The predicted molar refractivity (Wildman–Crippen MR) is 104 cm³/mol. The van der Waals surface area contributed by atoms with Crippen LogP contribution in [0.4, 0.5) is 0 Å². The van der Waals surface area contributed by atoms with Crippen LogP contribution in [0.1, 0.15) is 25.7 Å². The molecule has 1 saturated carbocycles. The summed E-state index contributed by atoms with van der Waals surface area (Å²) in [5, 5.41) is 7.31. The van der Waals surface area contributed by atoms with Gasteiger partial charge >= 0.3 is 0 Å². The lowest BCUT2D eigenvalue weighted by Crippen LogP contribution is -2.47. The standard InChI is InChI=1S/C21H24N4O3/c26-19-10-6-16(14-24(19)17-7-8-17)21(28)22-12-13-25-20(27)11-9-18(23-25)15-4-2-1-3-5-15/h1-5,9,11,16-17H,6-8,10,12-14H2,(H,22,28)/t16-/m0/s1. The summed E-state index contributed by atoms with van der Waals surface area (Å²) in [4.78, 5) is 38.4. The van der Waals surface area contributed by atoms with Gasteiger partial charge in [0.1, 0.15) is 0 Å². The van der Waals surface area contributed by atoms with Crippen molar-refractivity contribution in [3.8, 4) is 11.3 Å². The average molecular weight is 380 g/mol. The molecule has 28 heavy (non-hydrogen) atoms. The summed E-state index contributed by atoms with van der Waals surface area (Å²) < 4.78 is 1.38. The monoisotopic (exact) mass is 380 g/mol. The first kappa shape index (κ1) is 18.4. The Morgan fingerprint density at radius 2 is 1.86 bits per heavy atom. The molecule has 1 aliphatic carbocycles. The summed E-state index contributed by atoms with van der Waals surface area (Å²) in [6, 6.07) is 13.2. The molecule has 7 nitrogen and oxygen atoms in total. The van der Waals surface area contributed by atoms with Gasteiger partial charge in [0, 0.05) is 37.2 Å². The maximum absolute atomic E-state index is 12.5. The number of nitrogens with zero attached hydrogens (tertiary/aromatic N) is 3. The third kappa shape index (κ3) is 4.13. The smallest absolute Gasteiger partial charge is 0.266 e. The van der Waals surface area contributed by atoms with E-state index in [2.05, 4.69) is 10.4 Å². The van der Waals surface area contributed by atoms with Crippen molar-refractivity contribution in [2.75, 3.05) is 13.1 Å². The Bertz CT molecular complexity index is 921. The number of carbonyl (C=O) groups excluding carboxylic acids is 2. The van der Waals surface area contributed by atoms with Crippen LogP contribution in [-0.4, -0.2) is 45.6 Å². The fraction of sp³-hybridized carbons (Fsp3) is 0.429. The summed E-state index contributed by atoms with van der Waals surface area (Å²) in [6.07, 6.45) is 3.13. The van der Waals surface area contributed by atoms with Crippen LogP contribution in [0.2, 0.25) is 0 Å². The minimum Gasteiger partial charge on any atom is -0.354 e. The van der Waals surface area contributed by atoms with Crippen molar-refractivity contribution < 1.29 is 9.59 Å². The topological polar surface area (TPSA) is 84.3 Å². The van der Waals surface area contributed by atoms with E-state index in [0.717, 1.165) is 24.1 Å². The van der Waals surface area contributed by atoms with Crippen molar-refractivity contribution >= 4 is 11.8 Å². The number of hydrogen-bond donors (Lipinski definition) is 1. The fourth-order valence-electron chi connectivity index (χ4n) is 3.63. The first-order chi connectivity index (χ1) is 13.6. The molecule has 0 radical (unpaired) electrons. The summed E-state index contributed by atoms with van der Waals surface area (Å²) >= 11 is 0. The highest BCUT2D eigenvalue weighted by Gasteiger charge is 2.38. The van der Waals surface area contributed by atoms with Gasteiger partial charge in [-0.3, -0.25) is 14.4 Å². The second kappa shape index (κ2) is 7.96. The van der Waals surface area contributed by atoms with E-state index in [9.17, 15) is 14.4 Å². The fourth-order valence-corrected chi connectivity index (χ4v) is 3.63. The lowest BCUT2D eigenvalue weighted by molar-refractivity contribution is -0.138.